The van der Waals surface area contributed by atoms with Crippen LogP contribution in [0.1, 0.15) is 18.7 Å². The highest BCUT2D eigenvalue weighted by molar-refractivity contribution is 5.82. The summed E-state index contributed by atoms with van der Waals surface area (Å²) in [5.74, 6) is 1.37. The molecule has 2 aliphatic rings. The van der Waals surface area contributed by atoms with Crippen LogP contribution in [-0.4, -0.2) is 52.7 Å². The molecule has 1 amide bonds. The number of nitrogens with one attached hydrogen (secondary N) is 1. The van der Waals surface area contributed by atoms with Crippen LogP contribution < -0.4 is 15.0 Å². The lowest BCUT2D eigenvalue weighted by atomic mass is 10.2. The molecule has 3 aromatic rings. The Labute approximate surface area is 178 Å². The predicted octanol–water partition coefficient (Wildman–Crippen LogP) is 2.27. The normalized spacial score (nSPS) is 20.0. The quantitative estimate of drug-likeness (QED) is 0.679. The molecule has 0 aliphatic carbocycles. The van der Waals surface area contributed by atoms with E-state index in [1.165, 1.54) is 0 Å². The summed E-state index contributed by atoms with van der Waals surface area (Å²) in [6.07, 6.45) is 1.03. The first kappa shape index (κ1) is 19.6. The second kappa shape index (κ2) is 8.39. The molecule has 31 heavy (non-hydrogen) atoms. The maximum atomic E-state index is 13.4. The second-order valence-electron chi connectivity index (χ2n) is 7.75. The average Bonchev–Trinajstić information content (AvgIpc) is 3.31. The lowest BCUT2D eigenvalue weighted by Crippen LogP contribution is -2.48. The van der Waals surface area contributed by atoms with Gasteiger partial charge in [0.15, 0.2) is 11.5 Å². The molecule has 2 aromatic carbocycles. The molecule has 0 saturated carbocycles. The molecule has 1 fully saturated rings. The van der Waals surface area contributed by atoms with E-state index in [9.17, 15) is 9.59 Å². The number of aromatic nitrogens is 2. The second-order valence-corrected chi connectivity index (χ2v) is 7.75. The molecule has 2 aliphatic heterocycles. The number of aromatic amines is 1. The summed E-state index contributed by atoms with van der Waals surface area (Å²) >= 11 is 0. The van der Waals surface area contributed by atoms with Gasteiger partial charge in [-0.2, -0.15) is 0 Å². The van der Waals surface area contributed by atoms with Gasteiger partial charge < -0.3 is 24.1 Å². The molecule has 160 valence electrons. The third kappa shape index (κ3) is 4.11. The van der Waals surface area contributed by atoms with Crippen molar-refractivity contribution in [3.05, 3.63) is 64.7 Å². The van der Waals surface area contributed by atoms with Gasteiger partial charge in [0, 0.05) is 13.2 Å². The topological polar surface area (TPSA) is 93.8 Å². The first-order chi connectivity index (χ1) is 15.2. The molecule has 2 unspecified atom stereocenters. The van der Waals surface area contributed by atoms with Gasteiger partial charge in [-0.25, -0.2) is 4.98 Å². The molecule has 0 spiro atoms. The van der Waals surface area contributed by atoms with Gasteiger partial charge in [0.05, 0.1) is 23.6 Å². The number of nitrogens with zero attached hydrogens (tertiary/aromatic N) is 2. The van der Waals surface area contributed by atoms with Crippen molar-refractivity contribution in [2.75, 3.05) is 19.8 Å². The molecular formula is C23H23N3O5. The van der Waals surface area contributed by atoms with Crippen LogP contribution in [0.4, 0.5) is 0 Å². The van der Waals surface area contributed by atoms with E-state index in [-0.39, 0.29) is 30.7 Å². The van der Waals surface area contributed by atoms with Crippen LogP contribution in [0.3, 0.4) is 0 Å². The lowest BCUT2D eigenvalue weighted by Gasteiger charge is -2.31. The number of ether oxygens (including phenoxy) is 3. The van der Waals surface area contributed by atoms with Crippen LogP contribution in [0, 0.1) is 0 Å². The number of para-hydroxylation sites is 3. The Hall–Kier alpha value is -3.39. The number of amides is 1. The predicted molar refractivity (Wildman–Crippen MR) is 113 cm³/mol. The minimum Gasteiger partial charge on any atom is -0.485 e. The number of hydrogen-bond acceptors (Lipinski definition) is 6. The number of carbonyl (C=O) groups is 1. The zero-order valence-corrected chi connectivity index (χ0v) is 17.0. The van der Waals surface area contributed by atoms with Crippen molar-refractivity contribution in [3.63, 3.8) is 0 Å². The number of fused-ring (bicyclic) bond motifs is 2. The molecule has 2 atom stereocenters. The number of rotatable bonds is 5. The van der Waals surface area contributed by atoms with E-state index in [0.717, 1.165) is 12.8 Å². The SMILES string of the molecule is O=C(C1COc2ccccc2O1)N(Cc1nc2ccccc2c(=O)[nH]1)CC1CCCO1. The lowest BCUT2D eigenvalue weighted by molar-refractivity contribution is -0.143. The zero-order valence-electron chi connectivity index (χ0n) is 17.0. The van der Waals surface area contributed by atoms with E-state index in [4.69, 9.17) is 14.2 Å². The molecule has 0 radical (unpaired) electrons. The Morgan fingerprint density at radius 3 is 2.77 bits per heavy atom. The van der Waals surface area contributed by atoms with Gasteiger partial charge in [0.2, 0.25) is 6.10 Å². The van der Waals surface area contributed by atoms with Crippen LogP contribution in [0.25, 0.3) is 10.9 Å². The van der Waals surface area contributed by atoms with E-state index in [2.05, 4.69) is 9.97 Å². The Morgan fingerprint density at radius 1 is 1.13 bits per heavy atom. The van der Waals surface area contributed by atoms with Crippen molar-refractivity contribution in [2.45, 2.75) is 31.6 Å². The number of benzene rings is 2. The van der Waals surface area contributed by atoms with Gasteiger partial charge in [-0.15, -0.1) is 0 Å². The van der Waals surface area contributed by atoms with E-state index >= 15 is 0 Å². The standard InChI is InChI=1S/C23H23N3O5/c27-22-16-7-1-2-8-17(16)24-21(25-22)13-26(12-15-6-5-11-29-15)23(28)20-14-30-18-9-3-4-10-19(18)31-20/h1-4,7-10,15,20H,5-6,11-14H2,(H,24,25,27). The summed E-state index contributed by atoms with van der Waals surface area (Å²) in [4.78, 5) is 34.9. The zero-order chi connectivity index (χ0) is 21.2. The van der Waals surface area contributed by atoms with Gasteiger partial charge >= 0.3 is 0 Å². The van der Waals surface area contributed by atoms with Gasteiger partial charge in [-0.05, 0) is 37.1 Å². The fourth-order valence-electron chi connectivity index (χ4n) is 4.00. The minimum atomic E-state index is -0.775. The van der Waals surface area contributed by atoms with Crippen LogP contribution in [0.5, 0.6) is 11.5 Å². The molecule has 1 aromatic heterocycles. The van der Waals surface area contributed by atoms with E-state index in [1.54, 1.807) is 29.2 Å². The van der Waals surface area contributed by atoms with Crippen molar-refractivity contribution in [1.82, 2.24) is 14.9 Å². The van der Waals surface area contributed by atoms with Crippen molar-refractivity contribution in [2.24, 2.45) is 0 Å². The van der Waals surface area contributed by atoms with Crippen LogP contribution in [0.2, 0.25) is 0 Å². The number of H-pyrrole nitrogens is 1. The van der Waals surface area contributed by atoms with E-state index in [0.29, 0.717) is 41.4 Å². The molecule has 5 rings (SSSR count). The number of hydrogen-bond donors (Lipinski definition) is 1. The van der Waals surface area contributed by atoms with Crippen LogP contribution in [-0.2, 0) is 16.1 Å². The fraction of sp³-hybridized carbons (Fsp3) is 0.348. The van der Waals surface area contributed by atoms with Gasteiger partial charge in [-0.1, -0.05) is 24.3 Å². The van der Waals surface area contributed by atoms with Gasteiger partial charge in [0.25, 0.3) is 11.5 Å². The number of carbonyl (C=O) groups excluding carboxylic acids is 1. The van der Waals surface area contributed by atoms with E-state index in [1.807, 2.05) is 24.3 Å². The summed E-state index contributed by atoms with van der Waals surface area (Å²) in [7, 11) is 0. The molecule has 8 heteroatoms. The average molecular weight is 421 g/mol. The first-order valence-electron chi connectivity index (χ1n) is 10.4. The van der Waals surface area contributed by atoms with Crippen molar-refractivity contribution < 1.29 is 19.0 Å². The van der Waals surface area contributed by atoms with E-state index < -0.39 is 6.10 Å². The molecule has 1 N–H and O–H groups in total. The Balaban J connectivity index is 1.40. The summed E-state index contributed by atoms with van der Waals surface area (Å²) in [6, 6.07) is 14.4. The fourth-order valence-corrected chi connectivity index (χ4v) is 4.00. The maximum absolute atomic E-state index is 13.4. The first-order valence-corrected chi connectivity index (χ1v) is 10.4. The van der Waals surface area contributed by atoms with Crippen LogP contribution >= 0.6 is 0 Å². The molecule has 1 saturated heterocycles. The van der Waals surface area contributed by atoms with Gasteiger partial charge in [0.1, 0.15) is 12.4 Å². The highest BCUT2D eigenvalue weighted by atomic mass is 16.6. The molecule has 8 nitrogen and oxygen atoms in total. The minimum absolute atomic E-state index is 0.0482. The Bertz CT molecular complexity index is 1160. The maximum Gasteiger partial charge on any atom is 0.267 e. The van der Waals surface area contributed by atoms with Crippen LogP contribution in [0.15, 0.2) is 53.3 Å². The highest BCUT2D eigenvalue weighted by Gasteiger charge is 2.33. The molecule has 3 heterocycles. The van der Waals surface area contributed by atoms with Crippen molar-refractivity contribution in [3.8, 4) is 11.5 Å². The molecular weight excluding hydrogens is 398 g/mol. The molecule has 0 bridgehead atoms. The third-order valence-corrected chi connectivity index (χ3v) is 5.55. The summed E-state index contributed by atoms with van der Waals surface area (Å²) in [6.45, 7) is 1.37. The van der Waals surface area contributed by atoms with Crippen molar-refractivity contribution in [1.29, 1.82) is 0 Å². The Kier molecular flexibility index (Phi) is 5.30. The summed E-state index contributed by atoms with van der Waals surface area (Å²) in [5.41, 5.74) is 0.369. The third-order valence-electron chi connectivity index (χ3n) is 5.55. The monoisotopic (exact) mass is 421 g/mol. The summed E-state index contributed by atoms with van der Waals surface area (Å²) < 4.78 is 17.4. The van der Waals surface area contributed by atoms with Gasteiger partial charge in [-0.3, -0.25) is 9.59 Å². The largest absolute Gasteiger partial charge is 0.485 e. The Morgan fingerprint density at radius 2 is 1.94 bits per heavy atom. The smallest absolute Gasteiger partial charge is 0.267 e. The summed E-state index contributed by atoms with van der Waals surface area (Å²) in [5, 5.41) is 0.517. The van der Waals surface area contributed by atoms with Crippen molar-refractivity contribution >= 4 is 16.8 Å². The highest BCUT2D eigenvalue weighted by Crippen LogP contribution is 2.31.